The van der Waals surface area contributed by atoms with Gasteiger partial charge < -0.3 is 21.7 Å². The Balaban J connectivity index is 0.00000625. The number of ether oxygens (including phenoxy) is 1. The summed E-state index contributed by atoms with van der Waals surface area (Å²) in [5.74, 6) is -0.836. The molecule has 0 amide bonds. The Kier molecular flexibility index (Phi) is 10.9. The van der Waals surface area contributed by atoms with Gasteiger partial charge in [-0.3, -0.25) is 0 Å². The number of hydrogen-bond donors (Lipinski definition) is 0. The minimum atomic E-state index is -4.64. The van der Waals surface area contributed by atoms with E-state index >= 15 is 0 Å². The van der Waals surface area contributed by atoms with E-state index in [2.05, 4.69) is 4.74 Å². The molecule has 0 aliphatic heterocycles. The van der Waals surface area contributed by atoms with Gasteiger partial charge in [-0.1, -0.05) is 6.07 Å². The normalized spacial score (nSPS) is 11.8. The molecule has 10 heteroatoms. The summed E-state index contributed by atoms with van der Waals surface area (Å²) in [6, 6.07) is 3.30. The number of carbonyl (C=O) groups is 1. The molecule has 0 aromatic heterocycles. The standard InChI is InChI=1S/C16H23F3O5P.BrH/c1-5-22-25(23-6-2,24-7-3)11-13-9-8-12(15(20)21-4)10-14(13)16(17,18)19;/h8-10H,5-7,11H2,1-4H3;1H/q+1;/p-1. The number of benzene rings is 1. The fourth-order valence-corrected chi connectivity index (χ4v) is 4.64. The zero-order valence-corrected chi connectivity index (χ0v) is 17.5. The number of carbonyl (C=O) groups excluding carboxylic acids is 1. The number of methoxy groups -OCH3 is 1. The maximum absolute atomic E-state index is 13.5. The topological polar surface area (TPSA) is 54.0 Å². The van der Waals surface area contributed by atoms with Crippen molar-refractivity contribution >= 4 is 13.9 Å². The van der Waals surface area contributed by atoms with Crippen molar-refractivity contribution < 1.29 is 53.3 Å². The van der Waals surface area contributed by atoms with Crippen LogP contribution in [0.3, 0.4) is 0 Å². The number of esters is 1. The van der Waals surface area contributed by atoms with Gasteiger partial charge in [0, 0.05) is 5.56 Å². The van der Waals surface area contributed by atoms with Crippen LogP contribution in [0, 0.1) is 0 Å². The van der Waals surface area contributed by atoms with Crippen LogP contribution in [0.4, 0.5) is 13.2 Å². The van der Waals surface area contributed by atoms with Gasteiger partial charge in [-0.2, -0.15) is 26.7 Å². The highest BCUT2D eigenvalue weighted by Gasteiger charge is 2.47. The Bertz CT molecular complexity index is 566. The van der Waals surface area contributed by atoms with Gasteiger partial charge in [-0.05, 0) is 32.9 Å². The second kappa shape index (κ2) is 11.2. The molecule has 1 aromatic rings. The minimum absolute atomic E-state index is 0. The summed E-state index contributed by atoms with van der Waals surface area (Å²) < 4.78 is 61.7. The Morgan fingerprint density at radius 2 is 1.54 bits per heavy atom. The number of alkyl halides is 3. The number of hydrogen-bond acceptors (Lipinski definition) is 5. The Hall–Kier alpha value is -0.730. The molecule has 5 nitrogen and oxygen atoms in total. The lowest BCUT2D eigenvalue weighted by atomic mass is 10.0. The summed E-state index contributed by atoms with van der Waals surface area (Å²) in [7, 11) is -1.87. The van der Waals surface area contributed by atoms with Crippen LogP contribution in [0.5, 0.6) is 0 Å². The Morgan fingerprint density at radius 3 is 1.92 bits per heavy atom. The van der Waals surface area contributed by atoms with Crippen LogP contribution in [0.15, 0.2) is 18.2 Å². The molecule has 0 unspecified atom stereocenters. The summed E-state index contributed by atoms with van der Waals surface area (Å²) >= 11 is 0. The van der Waals surface area contributed by atoms with Crippen LogP contribution < -0.4 is 17.0 Å². The van der Waals surface area contributed by atoms with Crippen molar-refractivity contribution in [2.45, 2.75) is 33.1 Å². The molecule has 0 radical (unpaired) electrons. The van der Waals surface area contributed by atoms with E-state index in [4.69, 9.17) is 13.6 Å². The molecule has 1 rings (SSSR count). The molecule has 0 spiro atoms. The molecule has 150 valence electrons. The van der Waals surface area contributed by atoms with Gasteiger partial charge in [0.25, 0.3) is 0 Å². The van der Waals surface area contributed by atoms with Crippen LogP contribution in [-0.4, -0.2) is 32.9 Å². The van der Waals surface area contributed by atoms with Gasteiger partial charge >= 0.3 is 20.1 Å². The van der Waals surface area contributed by atoms with Gasteiger partial charge in [0.15, 0.2) is 6.16 Å². The lowest BCUT2D eigenvalue weighted by Gasteiger charge is -2.22. The highest BCUT2D eigenvalue weighted by molar-refractivity contribution is 7.60. The van der Waals surface area contributed by atoms with Crippen molar-refractivity contribution in [3.63, 3.8) is 0 Å². The lowest BCUT2D eigenvalue weighted by Crippen LogP contribution is -3.00. The smallest absolute Gasteiger partial charge is 0.416 e. The predicted octanol–water partition coefficient (Wildman–Crippen LogP) is 1.87. The molecular weight excluding hydrogens is 440 g/mol. The van der Waals surface area contributed by atoms with Gasteiger partial charge in [-0.25, -0.2) is 4.79 Å². The molecule has 0 aliphatic carbocycles. The zero-order valence-electron chi connectivity index (χ0n) is 15.1. The molecule has 1 aromatic carbocycles. The van der Waals surface area contributed by atoms with Crippen LogP contribution >= 0.6 is 7.94 Å². The predicted molar refractivity (Wildman–Crippen MR) is 88.3 cm³/mol. The fourth-order valence-electron chi connectivity index (χ4n) is 2.27. The van der Waals surface area contributed by atoms with E-state index in [9.17, 15) is 18.0 Å². The lowest BCUT2D eigenvalue weighted by molar-refractivity contribution is -0.138. The highest BCUT2D eigenvalue weighted by Crippen LogP contribution is 2.65. The van der Waals surface area contributed by atoms with E-state index in [1.807, 2.05) is 0 Å². The first kappa shape index (κ1) is 25.3. The van der Waals surface area contributed by atoms with E-state index in [1.165, 1.54) is 12.1 Å². The van der Waals surface area contributed by atoms with Gasteiger partial charge in [0.05, 0.1) is 38.1 Å². The van der Waals surface area contributed by atoms with Crippen molar-refractivity contribution in [1.82, 2.24) is 0 Å². The van der Waals surface area contributed by atoms with Crippen LogP contribution in [0.1, 0.15) is 42.3 Å². The summed E-state index contributed by atoms with van der Waals surface area (Å²) in [6.45, 7) is 5.90. The number of rotatable bonds is 9. The van der Waals surface area contributed by atoms with Crippen molar-refractivity contribution in [2.75, 3.05) is 26.9 Å². The molecule has 26 heavy (non-hydrogen) atoms. The maximum Gasteiger partial charge on any atom is 0.416 e. The second-order valence-electron chi connectivity index (χ2n) is 4.88. The maximum atomic E-state index is 13.5. The third kappa shape index (κ3) is 6.78. The summed E-state index contributed by atoms with van der Waals surface area (Å²) in [5, 5.41) is 0. The molecule has 0 heterocycles. The number of halogens is 4. The van der Waals surface area contributed by atoms with Crippen LogP contribution in [0.2, 0.25) is 0 Å². The zero-order chi connectivity index (χ0) is 19.1. The van der Waals surface area contributed by atoms with Gasteiger partial charge in [0.1, 0.15) is 0 Å². The summed E-state index contributed by atoms with van der Waals surface area (Å²) in [6.07, 6.45) is -4.81. The molecule has 0 bridgehead atoms. The van der Waals surface area contributed by atoms with Gasteiger partial charge in [0.2, 0.25) is 0 Å². The average Bonchev–Trinajstić information content (AvgIpc) is 2.54. The second-order valence-corrected chi connectivity index (χ2v) is 7.20. The SMILES string of the molecule is CCO[P+](Cc1ccc(C(=O)OC)cc1C(F)(F)F)(OCC)OCC.[Br-]. The van der Waals surface area contributed by atoms with Crippen molar-refractivity contribution in [2.24, 2.45) is 0 Å². The Labute approximate surface area is 162 Å². The Morgan fingerprint density at radius 1 is 1.04 bits per heavy atom. The van der Waals surface area contributed by atoms with E-state index < -0.39 is 25.7 Å². The minimum Gasteiger partial charge on any atom is -1.00 e. The monoisotopic (exact) mass is 462 g/mol. The first-order valence-corrected chi connectivity index (χ1v) is 9.55. The average molecular weight is 463 g/mol. The van der Waals surface area contributed by atoms with E-state index in [1.54, 1.807) is 20.8 Å². The molecule has 0 fully saturated rings. The van der Waals surface area contributed by atoms with Gasteiger partial charge in [-0.15, -0.1) is 0 Å². The first-order chi connectivity index (χ1) is 11.7. The highest BCUT2D eigenvalue weighted by atomic mass is 79.9. The van der Waals surface area contributed by atoms with Crippen molar-refractivity contribution in [3.05, 3.63) is 34.9 Å². The van der Waals surface area contributed by atoms with E-state index in [0.29, 0.717) is 0 Å². The van der Waals surface area contributed by atoms with Crippen LogP contribution in [0.25, 0.3) is 0 Å². The largest absolute Gasteiger partial charge is 1.00 e. The fraction of sp³-hybridized carbons (Fsp3) is 0.562. The molecule has 0 saturated heterocycles. The van der Waals surface area contributed by atoms with Crippen molar-refractivity contribution in [1.29, 1.82) is 0 Å². The molecule has 0 atom stereocenters. The first-order valence-electron chi connectivity index (χ1n) is 7.83. The molecular formula is C16H23BrF3O5P. The molecule has 0 saturated carbocycles. The summed E-state index contributed by atoms with van der Waals surface area (Å²) in [5.41, 5.74) is -1.16. The van der Waals surface area contributed by atoms with Crippen molar-refractivity contribution in [3.8, 4) is 0 Å². The van der Waals surface area contributed by atoms with E-state index in [0.717, 1.165) is 13.2 Å². The molecule has 0 N–H and O–H groups in total. The third-order valence-electron chi connectivity index (χ3n) is 3.18. The molecule has 0 aliphatic rings. The quantitative estimate of drug-likeness (QED) is 0.414. The third-order valence-corrected chi connectivity index (χ3v) is 5.86. The summed E-state index contributed by atoms with van der Waals surface area (Å²) in [4.78, 5) is 11.5. The van der Waals surface area contributed by atoms with E-state index in [-0.39, 0.29) is 54.1 Å². The van der Waals surface area contributed by atoms with Crippen LogP contribution in [-0.2, 0) is 30.6 Å².